The molecule has 0 bridgehead atoms. The molecule has 1 saturated heterocycles. The molecule has 0 unspecified atom stereocenters. The molecule has 6 rings (SSSR count). The Morgan fingerprint density at radius 1 is 1.17 bits per heavy atom. The molecular formula is C27H35F2NO5. The van der Waals surface area contributed by atoms with Gasteiger partial charge in [0.15, 0.2) is 17.1 Å². The number of allylic oxidation sites excluding steroid dienone is 4. The van der Waals surface area contributed by atoms with Gasteiger partial charge in [0.05, 0.1) is 6.10 Å². The lowest BCUT2D eigenvalue weighted by atomic mass is 9.44. The van der Waals surface area contributed by atoms with Gasteiger partial charge in [0.2, 0.25) is 0 Å². The van der Waals surface area contributed by atoms with Crippen molar-refractivity contribution in [2.75, 3.05) is 6.54 Å². The number of aliphatic hydroxyl groups excluding tert-OH is 1. The maximum atomic E-state index is 17.3. The zero-order valence-electron chi connectivity index (χ0n) is 20.4. The SMILES string of the molecule is C[C@]12C=CC(=O)C=C1[C@@H](F)C[C@H]1[C@@H]3C[C@H]4CN(C5CCCCC5)O[C@@]4(C(=O)O)[C@@]3(C)C[C@H](O)[C@@]12F. The number of aliphatic carboxylic acids is 1. The van der Waals surface area contributed by atoms with Gasteiger partial charge in [0.25, 0.3) is 0 Å². The van der Waals surface area contributed by atoms with Gasteiger partial charge in [-0.1, -0.05) is 32.3 Å². The molecule has 1 aliphatic heterocycles. The monoisotopic (exact) mass is 491 g/mol. The third kappa shape index (κ3) is 2.74. The Morgan fingerprint density at radius 3 is 2.57 bits per heavy atom. The van der Waals surface area contributed by atoms with E-state index in [1.54, 1.807) is 13.8 Å². The Hall–Kier alpha value is -1.64. The highest BCUT2D eigenvalue weighted by Gasteiger charge is 2.80. The van der Waals surface area contributed by atoms with Gasteiger partial charge in [-0.15, -0.1) is 0 Å². The van der Waals surface area contributed by atoms with E-state index in [1.807, 2.05) is 5.06 Å². The van der Waals surface area contributed by atoms with Gasteiger partial charge >= 0.3 is 5.97 Å². The summed E-state index contributed by atoms with van der Waals surface area (Å²) in [5.74, 6) is -3.17. The van der Waals surface area contributed by atoms with E-state index >= 15 is 8.78 Å². The van der Waals surface area contributed by atoms with Crippen molar-refractivity contribution in [2.24, 2.45) is 28.6 Å². The molecule has 0 aromatic carbocycles. The summed E-state index contributed by atoms with van der Waals surface area (Å²) in [5.41, 5.74) is -6.22. The molecule has 6 nitrogen and oxygen atoms in total. The minimum Gasteiger partial charge on any atom is -0.479 e. The van der Waals surface area contributed by atoms with E-state index in [0.717, 1.165) is 25.7 Å². The van der Waals surface area contributed by atoms with Gasteiger partial charge in [0.1, 0.15) is 6.17 Å². The first-order valence-corrected chi connectivity index (χ1v) is 13.1. The predicted octanol–water partition coefficient (Wildman–Crippen LogP) is 3.93. The average Bonchev–Trinajstić information content (AvgIpc) is 3.32. The number of carboxylic acid groups (broad SMARTS) is 1. The zero-order chi connectivity index (χ0) is 25.0. The zero-order valence-corrected chi connectivity index (χ0v) is 20.4. The first-order chi connectivity index (χ1) is 16.5. The maximum absolute atomic E-state index is 17.3. The Kier molecular flexibility index (Phi) is 5.05. The van der Waals surface area contributed by atoms with Crippen LogP contribution in [0.4, 0.5) is 8.78 Å². The molecule has 5 aliphatic carbocycles. The second kappa shape index (κ2) is 7.45. The molecule has 192 valence electrons. The quantitative estimate of drug-likeness (QED) is 0.609. The van der Waals surface area contributed by atoms with Crippen LogP contribution in [0.3, 0.4) is 0 Å². The molecule has 9 atom stereocenters. The van der Waals surface area contributed by atoms with Crippen LogP contribution < -0.4 is 0 Å². The van der Waals surface area contributed by atoms with Crippen molar-refractivity contribution >= 4 is 11.8 Å². The van der Waals surface area contributed by atoms with Crippen molar-refractivity contribution in [3.8, 4) is 0 Å². The van der Waals surface area contributed by atoms with Crippen molar-refractivity contribution in [1.29, 1.82) is 0 Å². The fourth-order valence-electron chi connectivity index (χ4n) is 9.23. The minimum absolute atomic E-state index is 0.0808. The number of nitrogens with zero attached hydrogens (tertiary/aromatic N) is 1. The first-order valence-electron chi connectivity index (χ1n) is 13.1. The van der Waals surface area contributed by atoms with E-state index in [-0.39, 0.29) is 36.2 Å². The van der Waals surface area contributed by atoms with Crippen molar-refractivity contribution in [3.63, 3.8) is 0 Å². The summed E-state index contributed by atoms with van der Waals surface area (Å²) in [6.45, 7) is 3.83. The number of ketones is 1. The van der Waals surface area contributed by atoms with E-state index in [0.29, 0.717) is 13.0 Å². The lowest BCUT2D eigenvalue weighted by Gasteiger charge is -2.63. The van der Waals surface area contributed by atoms with Crippen LogP contribution in [0.25, 0.3) is 0 Å². The topological polar surface area (TPSA) is 87.1 Å². The number of hydrogen-bond acceptors (Lipinski definition) is 5. The third-order valence-corrected chi connectivity index (χ3v) is 10.9. The predicted molar refractivity (Wildman–Crippen MR) is 123 cm³/mol. The summed E-state index contributed by atoms with van der Waals surface area (Å²) in [5, 5.41) is 23.9. The van der Waals surface area contributed by atoms with Gasteiger partial charge in [-0.3, -0.25) is 9.63 Å². The van der Waals surface area contributed by atoms with E-state index in [1.165, 1.54) is 24.6 Å². The van der Waals surface area contributed by atoms with Crippen LogP contribution in [0.2, 0.25) is 0 Å². The fraction of sp³-hybridized carbons (Fsp3) is 0.778. The Bertz CT molecular complexity index is 1030. The van der Waals surface area contributed by atoms with Crippen LogP contribution in [0.15, 0.2) is 23.8 Å². The molecule has 5 fully saturated rings. The molecule has 0 amide bonds. The highest BCUT2D eigenvalue weighted by Crippen LogP contribution is 2.72. The Morgan fingerprint density at radius 2 is 1.89 bits per heavy atom. The van der Waals surface area contributed by atoms with Crippen LogP contribution in [-0.4, -0.2) is 63.2 Å². The average molecular weight is 492 g/mol. The highest BCUT2D eigenvalue weighted by atomic mass is 19.1. The van der Waals surface area contributed by atoms with Crippen LogP contribution in [-0.2, 0) is 14.4 Å². The number of rotatable bonds is 2. The van der Waals surface area contributed by atoms with Crippen LogP contribution in [0, 0.1) is 28.6 Å². The molecule has 2 N–H and O–H groups in total. The second-order valence-corrected chi connectivity index (χ2v) is 12.3. The summed E-state index contributed by atoms with van der Waals surface area (Å²) in [4.78, 5) is 31.4. The van der Waals surface area contributed by atoms with Crippen LogP contribution >= 0.6 is 0 Å². The van der Waals surface area contributed by atoms with Gasteiger partial charge < -0.3 is 10.2 Å². The molecule has 0 aromatic heterocycles. The molecule has 0 radical (unpaired) electrons. The summed E-state index contributed by atoms with van der Waals surface area (Å²) in [7, 11) is 0. The summed E-state index contributed by atoms with van der Waals surface area (Å²) in [6.07, 6.45) is 6.22. The summed E-state index contributed by atoms with van der Waals surface area (Å²) >= 11 is 0. The van der Waals surface area contributed by atoms with E-state index in [2.05, 4.69) is 0 Å². The first kappa shape index (κ1) is 23.7. The van der Waals surface area contributed by atoms with Crippen molar-refractivity contribution in [3.05, 3.63) is 23.8 Å². The molecule has 8 heteroatoms. The molecule has 35 heavy (non-hydrogen) atoms. The van der Waals surface area contributed by atoms with E-state index < -0.39 is 52.2 Å². The highest BCUT2D eigenvalue weighted by molar-refractivity contribution is 6.01. The van der Waals surface area contributed by atoms with Crippen molar-refractivity contribution in [1.82, 2.24) is 5.06 Å². The van der Waals surface area contributed by atoms with Crippen LogP contribution in [0.1, 0.15) is 65.2 Å². The van der Waals surface area contributed by atoms with Gasteiger partial charge in [-0.05, 0) is 62.7 Å². The largest absolute Gasteiger partial charge is 0.479 e. The molecule has 6 aliphatic rings. The number of hydroxylamine groups is 2. The molecule has 0 aromatic rings. The molecule has 1 heterocycles. The van der Waals surface area contributed by atoms with Crippen molar-refractivity contribution in [2.45, 2.75) is 94.8 Å². The number of aliphatic hydroxyl groups is 1. The summed E-state index contributed by atoms with van der Waals surface area (Å²) in [6, 6.07) is 0.169. The van der Waals surface area contributed by atoms with Gasteiger partial charge in [0, 0.05) is 35.3 Å². The number of carboxylic acids is 1. The van der Waals surface area contributed by atoms with Gasteiger partial charge in [-0.2, -0.15) is 5.06 Å². The Balaban J connectivity index is 1.41. The fourth-order valence-corrected chi connectivity index (χ4v) is 9.23. The number of hydrogen-bond donors (Lipinski definition) is 2. The smallest absolute Gasteiger partial charge is 0.339 e. The number of fused-ring (bicyclic) bond motifs is 7. The number of halogens is 2. The van der Waals surface area contributed by atoms with E-state index in [9.17, 15) is 19.8 Å². The van der Waals surface area contributed by atoms with Gasteiger partial charge in [-0.25, -0.2) is 13.6 Å². The maximum Gasteiger partial charge on any atom is 0.339 e. The normalized spacial score (nSPS) is 51.9. The minimum atomic E-state index is -2.20. The number of carbonyl (C=O) groups excluding carboxylic acids is 1. The Labute approximate surface area is 204 Å². The summed E-state index contributed by atoms with van der Waals surface area (Å²) < 4.78 is 32.9. The third-order valence-electron chi connectivity index (χ3n) is 10.9. The number of carbonyl (C=O) groups is 2. The molecule has 4 saturated carbocycles. The lowest BCUT2D eigenvalue weighted by molar-refractivity contribution is -0.283. The lowest BCUT2D eigenvalue weighted by Crippen LogP contribution is -2.70. The van der Waals surface area contributed by atoms with E-state index in [4.69, 9.17) is 4.84 Å². The molecule has 0 spiro atoms. The van der Waals surface area contributed by atoms with Crippen LogP contribution in [0.5, 0.6) is 0 Å². The van der Waals surface area contributed by atoms with Crippen molar-refractivity contribution < 1.29 is 33.4 Å². The standard InChI is InChI=1S/C27H35F2NO5/c1-24-9-8-17(31)11-20(24)21(28)12-19-18-10-15-14-30(16-6-4-3-5-7-16)35-27(15,23(33)34)25(18,2)13-22(32)26(19,24)29/h8-9,11,15-16,18-19,21-22,32H,3-7,10,12-14H2,1-2H3,(H,33,34)/t15-,18-,19-,21-,22-,24-,25-,26-,27-/m0/s1. The number of alkyl halides is 2. The second-order valence-electron chi connectivity index (χ2n) is 12.3. The molecular weight excluding hydrogens is 456 g/mol.